The fourth-order valence-electron chi connectivity index (χ4n) is 3.17. The number of amides is 3. The Morgan fingerprint density at radius 3 is 2.55 bits per heavy atom. The van der Waals surface area contributed by atoms with Gasteiger partial charge in [0, 0.05) is 31.5 Å². The first-order valence-electron chi connectivity index (χ1n) is 6.95. The summed E-state index contributed by atoms with van der Waals surface area (Å²) in [6.07, 6.45) is 2.46. The van der Waals surface area contributed by atoms with Gasteiger partial charge < -0.3 is 21.7 Å². The summed E-state index contributed by atoms with van der Waals surface area (Å²) in [5.74, 6) is -0.832. The first-order valence-corrected chi connectivity index (χ1v) is 6.95. The molecule has 7 heteroatoms. The van der Waals surface area contributed by atoms with Gasteiger partial charge in [-0.2, -0.15) is 0 Å². The van der Waals surface area contributed by atoms with Gasteiger partial charge in [-0.05, 0) is 25.7 Å². The molecule has 0 aromatic carbocycles. The predicted octanol–water partition coefficient (Wildman–Crippen LogP) is -1.29. The van der Waals surface area contributed by atoms with Crippen molar-refractivity contribution in [3.63, 3.8) is 0 Å². The smallest absolute Gasteiger partial charge is 0.234 e. The zero-order chi connectivity index (χ0) is 14.9. The molecule has 112 valence electrons. The Bertz CT molecular complexity index is 429. The quantitative estimate of drug-likeness (QED) is 0.596. The highest BCUT2D eigenvalue weighted by Crippen LogP contribution is 2.36. The lowest BCUT2D eigenvalue weighted by atomic mass is 9.82. The van der Waals surface area contributed by atoms with Gasteiger partial charge in [0.05, 0.1) is 6.04 Å². The van der Waals surface area contributed by atoms with Gasteiger partial charge in [-0.1, -0.05) is 0 Å². The molecule has 0 aromatic heterocycles. The lowest BCUT2D eigenvalue weighted by Crippen LogP contribution is -2.51. The number of primary amides is 1. The van der Waals surface area contributed by atoms with E-state index in [1.54, 1.807) is 11.8 Å². The molecule has 0 saturated carbocycles. The number of nitrogens with zero attached hydrogens (tertiary/aromatic N) is 1. The van der Waals surface area contributed by atoms with Gasteiger partial charge in [0.2, 0.25) is 17.7 Å². The van der Waals surface area contributed by atoms with Crippen LogP contribution in [0.4, 0.5) is 0 Å². The van der Waals surface area contributed by atoms with Gasteiger partial charge in [0.1, 0.15) is 0 Å². The second-order valence-corrected chi connectivity index (χ2v) is 5.92. The summed E-state index contributed by atoms with van der Waals surface area (Å²) >= 11 is 0. The third kappa shape index (κ3) is 2.92. The summed E-state index contributed by atoms with van der Waals surface area (Å²) < 4.78 is 0. The Hall–Kier alpha value is -1.63. The highest BCUT2D eigenvalue weighted by Gasteiger charge is 2.46. The minimum atomic E-state index is -0.779. The van der Waals surface area contributed by atoms with Crippen LogP contribution in [0, 0.1) is 5.92 Å². The molecule has 7 nitrogen and oxygen atoms in total. The molecule has 1 unspecified atom stereocenters. The Balaban J connectivity index is 1.95. The van der Waals surface area contributed by atoms with Gasteiger partial charge in [-0.3, -0.25) is 14.4 Å². The number of likely N-dealkylation sites (tertiary alicyclic amines) is 1. The van der Waals surface area contributed by atoms with Crippen molar-refractivity contribution in [3.05, 3.63) is 0 Å². The number of nitrogens with one attached hydrogen (secondary N) is 1. The fraction of sp³-hybridized carbons (Fsp3) is 0.769. The number of hydrogen-bond donors (Lipinski definition) is 3. The molecular formula is C13H22N4O3. The molecule has 2 fully saturated rings. The third-order valence-electron chi connectivity index (χ3n) is 4.47. The van der Waals surface area contributed by atoms with Crippen molar-refractivity contribution in [2.24, 2.45) is 17.4 Å². The molecule has 2 atom stereocenters. The summed E-state index contributed by atoms with van der Waals surface area (Å²) in [6, 6.07) is -0.779. The minimum Gasteiger partial charge on any atom is -0.368 e. The standard InChI is InChI=1S/C13H22N4O3/c1-8(18)17-4-2-13(3-5-17)7-9(12(20)16-13)6-10(14)11(15)19/h9-10H,2-7,14H2,1H3,(H2,15,19)(H,16,20)/t9?,10-/m0/s1. The highest BCUT2D eigenvalue weighted by molar-refractivity contribution is 5.85. The number of nitrogens with two attached hydrogens (primary N) is 2. The number of carbonyl (C=O) groups is 3. The summed E-state index contributed by atoms with van der Waals surface area (Å²) in [5, 5.41) is 3.04. The van der Waals surface area contributed by atoms with Crippen LogP contribution in [0.25, 0.3) is 0 Å². The van der Waals surface area contributed by atoms with Crippen molar-refractivity contribution in [3.8, 4) is 0 Å². The normalized spacial score (nSPS) is 26.4. The maximum Gasteiger partial charge on any atom is 0.234 e. The summed E-state index contributed by atoms with van der Waals surface area (Å²) in [4.78, 5) is 36.1. The van der Waals surface area contributed by atoms with Crippen LogP contribution in [0.15, 0.2) is 0 Å². The summed E-state index contributed by atoms with van der Waals surface area (Å²) in [5.41, 5.74) is 10.5. The Kier molecular flexibility index (Phi) is 3.99. The Morgan fingerprint density at radius 2 is 2.05 bits per heavy atom. The Labute approximate surface area is 118 Å². The van der Waals surface area contributed by atoms with Crippen molar-refractivity contribution < 1.29 is 14.4 Å². The molecule has 0 bridgehead atoms. The van der Waals surface area contributed by atoms with E-state index in [-0.39, 0.29) is 23.3 Å². The lowest BCUT2D eigenvalue weighted by molar-refractivity contribution is -0.130. The number of piperidine rings is 1. The zero-order valence-corrected chi connectivity index (χ0v) is 11.7. The van der Waals surface area contributed by atoms with Crippen molar-refractivity contribution in [1.82, 2.24) is 10.2 Å². The summed E-state index contributed by atoms with van der Waals surface area (Å²) in [7, 11) is 0. The van der Waals surface area contributed by atoms with Crippen molar-refractivity contribution in [2.45, 2.75) is 44.2 Å². The van der Waals surface area contributed by atoms with E-state index in [4.69, 9.17) is 11.5 Å². The van der Waals surface area contributed by atoms with Crippen LogP contribution in [0.3, 0.4) is 0 Å². The molecule has 2 aliphatic heterocycles. The van der Waals surface area contributed by atoms with E-state index in [1.165, 1.54) is 0 Å². The highest BCUT2D eigenvalue weighted by atomic mass is 16.2. The minimum absolute atomic E-state index is 0.0574. The zero-order valence-electron chi connectivity index (χ0n) is 11.7. The van der Waals surface area contributed by atoms with Crippen LogP contribution in [0.5, 0.6) is 0 Å². The van der Waals surface area contributed by atoms with Crippen molar-refractivity contribution >= 4 is 17.7 Å². The molecule has 5 N–H and O–H groups in total. The van der Waals surface area contributed by atoms with E-state index in [1.807, 2.05) is 0 Å². The first kappa shape index (κ1) is 14.8. The second kappa shape index (κ2) is 5.40. The number of hydrogen-bond acceptors (Lipinski definition) is 4. The molecule has 3 amide bonds. The second-order valence-electron chi connectivity index (χ2n) is 5.92. The van der Waals surface area contributed by atoms with E-state index >= 15 is 0 Å². The molecule has 0 aromatic rings. The average molecular weight is 282 g/mol. The van der Waals surface area contributed by atoms with E-state index in [9.17, 15) is 14.4 Å². The molecule has 2 saturated heterocycles. The van der Waals surface area contributed by atoms with E-state index in [2.05, 4.69) is 5.32 Å². The van der Waals surface area contributed by atoms with Crippen molar-refractivity contribution in [2.75, 3.05) is 13.1 Å². The molecule has 20 heavy (non-hydrogen) atoms. The van der Waals surface area contributed by atoms with Gasteiger partial charge in [-0.15, -0.1) is 0 Å². The van der Waals surface area contributed by atoms with Gasteiger partial charge in [-0.25, -0.2) is 0 Å². The lowest BCUT2D eigenvalue weighted by Gasteiger charge is -2.39. The van der Waals surface area contributed by atoms with Crippen LogP contribution < -0.4 is 16.8 Å². The van der Waals surface area contributed by atoms with E-state index in [0.717, 1.165) is 12.8 Å². The van der Waals surface area contributed by atoms with Crippen LogP contribution >= 0.6 is 0 Å². The van der Waals surface area contributed by atoms with Gasteiger partial charge in [0.15, 0.2) is 0 Å². The molecule has 0 aliphatic carbocycles. The van der Waals surface area contributed by atoms with Gasteiger partial charge in [0.25, 0.3) is 0 Å². The largest absolute Gasteiger partial charge is 0.368 e. The number of rotatable bonds is 3. The first-order chi connectivity index (χ1) is 9.33. The monoisotopic (exact) mass is 282 g/mol. The molecule has 2 aliphatic rings. The molecule has 2 rings (SSSR count). The fourth-order valence-corrected chi connectivity index (χ4v) is 3.17. The Morgan fingerprint density at radius 1 is 1.45 bits per heavy atom. The van der Waals surface area contributed by atoms with Crippen LogP contribution in [0.2, 0.25) is 0 Å². The summed E-state index contributed by atoms with van der Waals surface area (Å²) in [6.45, 7) is 2.87. The van der Waals surface area contributed by atoms with Crippen LogP contribution in [0.1, 0.15) is 32.6 Å². The third-order valence-corrected chi connectivity index (χ3v) is 4.47. The van der Waals surface area contributed by atoms with Crippen molar-refractivity contribution in [1.29, 1.82) is 0 Å². The molecule has 2 heterocycles. The maximum atomic E-state index is 12.0. The van der Waals surface area contributed by atoms with E-state index < -0.39 is 11.9 Å². The average Bonchev–Trinajstić information content (AvgIpc) is 2.66. The molecule has 1 spiro atoms. The predicted molar refractivity (Wildman–Crippen MR) is 72.3 cm³/mol. The van der Waals surface area contributed by atoms with Crippen LogP contribution in [-0.2, 0) is 14.4 Å². The molecule has 0 radical (unpaired) electrons. The van der Waals surface area contributed by atoms with E-state index in [0.29, 0.717) is 25.9 Å². The van der Waals surface area contributed by atoms with Crippen LogP contribution in [-0.4, -0.2) is 47.3 Å². The van der Waals surface area contributed by atoms with Gasteiger partial charge >= 0.3 is 0 Å². The topological polar surface area (TPSA) is 119 Å². The SMILES string of the molecule is CC(=O)N1CCC2(CC1)CC(C[C@H](N)C(N)=O)C(=O)N2. The maximum absolute atomic E-state index is 12.0. The number of carbonyl (C=O) groups excluding carboxylic acids is 3. The molecular weight excluding hydrogens is 260 g/mol.